The zero-order valence-electron chi connectivity index (χ0n) is 13.0. The zero-order chi connectivity index (χ0) is 15.6. The quantitative estimate of drug-likeness (QED) is 0.843. The fourth-order valence-corrected chi connectivity index (χ4v) is 3.09. The van der Waals surface area contributed by atoms with Crippen LogP contribution in [0.15, 0.2) is 12.1 Å². The Morgan fingerprint density at radius 1 is 0.952 bits per heavy atom. The molecule has 1 fully saturated rings. The predicted octanol–water partition coefficient (Wildman–Crippen LogP) is 4.82. The van der Waals surface area contributed by atoms with E-state index in [0.717, 1.165) is 6.54 Å². The molecule has 0 atom stereocenters. The van der Waals surface area contributed by atoms with Crippen molar-refractivity contribution in [3.63, 3.8) is 0 Å². The molecule has 1 saturated carbocycles. The minimum absolute atomic E-state index is 0.213. The largest absolute Gasteiger partial charge is 0.391 e. The summed E-state index contributed by atoms with van der Waals surface area (Å²) in [6.45, 7) is 7.02. The van der Waals surface area contributed by atoms with Crippen molar-refractivity contribution in [3.8, 4) is 0 Å². The van der Waals surface area contributed by atoms with Gasteiger partial charge in [-0.25, -0.2) is 0 Å². The van der Waals surface area contributed by atoms with Crippen molar-refractivity contribution in [1.82, 2.24) is 5.32 Å². The van der Waals surface area contributed by atoms with E-state index in [2.05, 4.69) is 38.2 Å². The fourth-order valence-electron chi connectivity index (χ4n) is 3.09. The van der Waals surface area contributed by atoms with Crippen LogP contribution in [-0.2, 0) is 6.54 Å². The highest BCUT2D eigenvalue weighted by Crippen LogP contribution is 2.37. The van der Waals surface area contributed by atoms with E-state index in [1.807, 2.05) is 0 Å². The number of halogens is 3. The zero-order valence-corrected chi connectivity index (χ0v) is 13.0. The molecule has 0 bridgehead atoms. The Morgan fingerprint density at radius 2 is 1.52 bits per heavy atom. The molecule has 1 aromatic carbocycles. The Labute approximate surface area is 124 Å². The molecule has 2 rings (SSSR count). The normalized spacial score (nSPS) is 23.3. The molecule has 0 radical (unpaired) electrons. The molecule has 0 saturated heterocycles. The Morgan fingerprint density at radius 3 is 2.10 bits per heavy atom. The minimum Gasteiger partial charge on any atom is -0.310 e. The SMILES string of the molecule is Cc1cc(C)c(CNC2CCC(C(F)(F)F)CC2)cc1C. The molecular weight excluding hydrogens is 275 g/mol. The first-order valence-electron chi connectivity index (χ1n) is 7.64. The molecule has 4 heteroatoms. The second kappa shape index (κ2) is 6.39. The van der Waals surface area contributed by atoms with Crippen LogP contribution < -0.4 is 5.32 Å². The molecule has 1 aliphatic carbocycles. The number of aryl methyl sites for hydroxylation is 3. The van der Waals surface area contributed by atoms with Gasteiger partial charge in [0.2, 0.25) is 0 Å². The molecule has 1 aromatic rings. The molecule has 0 unspecified atom stereocenters. The van der Waals surface area contributed by atoms with Crippen LogP contribution in [0.5, 0.6) is 0 Å². The fraction of sp³-hybridized carbons (Fsp3) is 0.647. The number of hydrogen-bond acceptors (Lipinski definition) is 1. The summed E-state index contributed by atoms with van der Waals surface area (Å²) in [6, 6.07) is 4.57. The lowest BCUT2D eigenvalue weighted by atomic mass is 9.85. The van der Waals surface area contributed by atoms with Crippen molar-refractivity contribution in [1.29, 1.82) is 0 Å². The summed E-state index contributed by atoms with van der Waals surface area (Å²) in [6.07, 6.45) is -2.27. The Hall–Kier alpha value is -1.03. The van der Waals surface area contributed by atoms with Gasteiger partial charge in [-0.05, 0) is 68.7 Å². The average Bonchev–Trinajstić information content (AvgIpc) is 2.41. The predicted molar refractivity (Wildman–Crippen MR) is 79.3 cm³/mol. The standard InChI is InChI=1S/C17H24F3N/c1-11-8-13(3)14(9-12(11)2)10-21-16-6-4-15(5-7-16)17(18,19)20/h8-9,15-16,21H,4-7,10H2,1-3H3. The first kappa shape index (κ1) is 16.3. The van der Waals surface area contributed by atoms with Gasteiger partial charge in [0.1, 0.15) is 0 Å². The summed E-state index contributed by atoms with van der Waals surface area (Å²) in [5, 5.41) is 3.43. The van der Waals surface area contributed by atoms with E-state index in [-0.39, 0.29) is 18.9 Å². The number of benzene rings is 1. The van der Waals surface area contributed by atoms with Gasteiger partial charge in [-0.1, -0.05) is 12.1 Å². The third-order valence-electron chi connectivity index (χ3n) is 4.72. The number of rotatable bonds is 3. The Balaban J connectivity index is 1.87. The van der Waals surface area contributed by atoms with Gasteiger partial charge in [-0.3, -0.25) is 0 Å². The Kier molecular flexibility index (Phi) is 4.97. The maximum Gasteiger partial charge on any atom is 0.391 e. The van der Waals surface area contributed by atoms with Crippen LogP contribution >= 0.6 is 0 Å². The third kappa shape index (κ3) is 4.22. The average molecular weight is 299 g/mol. The van der Waals surface area contributed by atoms with E-state index in [0.29, 0.717) is 12.8 Å². The molecule has 21 heavy (non-hydrogen) atoms. The first-order valence-corrected chi connectivity index (χ1v) is 7.64. The van der Waals surface area contributed by atoms with Gasteiger partial charge < -0.3 is 5.32 Å². The molecule has 0 aliphatic heterocycles. The lowest BCUT2D eigenvalue weighted by molar-refractivity contribution is -0.182. The second-order valence-corrected chi connectivity index (χ2v) is 6.33. The van der Waals surface area contributed by atoms with Gasteiger partial charge in [0, 0.05) is 12.6 Å². The van der Waals surface area contributed by atoms with Gasteiger partial charge in [0.05, 0.1) is 5.92 Å². The van der Waals surface area contributed by atoms with Crippen LogP contribution in [0, 0.1) is 26.7 Å². The topological polar surface area (TPSA) is 12.0 Å². The van der Waals surface area contributed by atoms with Crippen LogP contribution in [0.3, 0.4) is 0 Å². The van der Waals surface area contributed by atoms with Crippen molar-refractivity contribution < 1.29 is 13.2 Å². The molecule has 0 amide bonds. The van der Waals surface area contributed by atoms with Crippen molar-refractivity contribution in [3.05, 3.63) is 34.4 Å². The summed E-state index contributed by atoms with van der Waals surface area (Å²) < 4.78 is 37.9. The van der Waals surface area contributed by atoms with E-state index >= 15 is 0 Å². The van der Waals surface area contributed by atoms with Crippen molar-refractivity contribution >= 4 is 0 Å². The Bertz CT molecular complexity index is 486. The molecular formula is C17H24F3N. The molecule has 0 heterocycles. The van der Waals surface area contributed by atoms with Crippen molar-refractivity contribution in [2.24, 2.45) is 5.92 Å². The van der Waals surface area contributed by atoms with Gasteiger partial charge in [0.25, 0.3) is 0 Å². The highest BCUT2D eigenvalue weighted by molar-refractivity contribution is 5.36. The lowest BCUT2D eigenvalue weighted by Gasteiger charge is -2.30. The van der Waals surface area contributed by atoms with Crippen molar-refractivity contribution in [2.45, 2.75) is 65.2 Å². The number of hydrogen-bond donors (Lipinski definition) is 1. The maximum atomic E-state index is 12.6. The van der Waals surface area contributed by atoms with E-state index in [1.54, 1.807) is 0 Å². The molecule has 0 aromatic heterocycles. The molecule has 1 N–H and O–H groups in total. The summed E-state index contributed by atoms with van der Waals surface area (Å²) in [5.74, 6) is -1.10. The van der Waals surface area contributed by atoms with Gasteiger partial charge >= 0.3 is 6.18 Å². The third-order valence-corrected chi connectivity index (χ3v) is 4.72. The number of nitrogens with one attached hydrogen (secondary N) is 1. The van der Waals surface area contributed by atoms with Gasteiger partial charge in [0.15, 0.2) is 0 Å². The van der Waals surface area contributed by atoms with Crippen LogP contribution in [0.2, 0.25) is 0 Å². The highest BCUT2D eigenvalue weighted by Gasteiger charge is 2.41. The van der Waals surface area contributed by atoms with E-state index in [9.17, 15) is 13.2 Å². The molecule has 0 spiro atoms. The van der Waals surface area contributed by atoms with Crippen LogP contribution in [0.25, 0.3) is 0 Å². The first-order chi connectivity index (χ1) is 9.77. The summed E-state index contributed by atoms with van der Waals surface area (Å²) in [7, 11) is 0. The van der Waals surface area contributed by atoms with Crippen LogP contribution in [0.4, 0.5) is 13.2 Å². The smallest absolute Gasteiger partial charge is 0.310 e. The van der Waals surface area contributed by atoms with Crippen molar-refractivity contribution in [2.75, 3.05) is 0 Å². The summed E-state index contributed by atoms with van der Waals surface area (Å²) in [5.41, 5.74) is 5.03. The van der Waals surface area contributed by atoms with Gasteiger partial charge in [-0.15, -0.1) is 0 Å². The summed E-state index contributed by atoms with van der Waals surface area (Å²) >= 11 is 0. The molecule has 118 valence electrons. The van der Waals surface area contributed by atoms with E-state index in [4.69, 9.17) is 0 Å². The van der Waals surface area contributed by atoms with Crippen LogP contribution in [-0.4, -0.2) is 12.2 Å². The molecule has 1 nitrogen and oxygen atoms in total. The number of alkyl halides is 3. The summed E-state index contributed by atoms with van der Waals surface area (Å²) in [4.78, 5) is 0. The second-order valence-electron chi connectivity index (χ2n) is 6.33. The monoisotopic (exact) mass is 299 g/mol. The maximum absolute atomic E-state index is 12.6. The van der Waals surface area contributed by atoms with E-state index < -0.39 is 12.1 Å². The lowest BCUT2D eigenvalue weighted by Crippen LogP contribution is -2.36. The highest BCUT2D eigenvalue weighted by atomic mass is 19.4. The molecule has 1 aliphatic rings. The van der Waals surface area contributed by atoms with E-state index in [1.165, 1.54) is 22.3 Å². The minimum atomic E-state index is -4.02. The van der Waals surface area contributed by atoms with Crippen LogP contribution in [0.1, 0.15) is 47.9 Å². The van der Waals surface area contributed by atoms with Gasteiger partial charge in [-0.2, -0.15) is 13.2 Å².